The predicted molar refractivity (Wildman–Crippen MR) is 79.2 cm³/mol. The number of cyclic esters (lactones) is 1. The number of aliphatic hydroxyl groups is 1. The Morgan fingerprint density at radius 1 is 1.32 bits per heavy atom. The molecule has 3 heterocycles. The monoisotopic (exact) mass is 297 g/mol. The van der Waals surface area contributed by atoms with Crippen LogP contribution in [-0.2, 0) is 28.3 Å². The average Bonchev–Trinajstić information content (AvgIpc) is 2.91. The molecule has 1 unspecified atom stereocenters. The van der Waals surface area contributed by atoms with Gasteiger partial charge in [-0.1, -0.05) is 31.2 Å². The summed E-state index contributed by atoms with van der Waals surface area (Å²) in [4.78, 5) is 24.7. The Balaban J connectivity index is 2.04. The molecule has 5 nitrogen and oxygen atoms in total. The standard InChI is InChI=1S/C17H15NO4/c1-2-17(21)13-7-14-11-6-4-3-5-10(11)8-18(14)15(19)12(13)9-22-16(17)20/h3-7,21H,2,8-9H2,1H3. The Morgan fingerprint density at radius 3 is 2.86 bits per heavy atom. The molecule has 0 amide bonds. The summed E-state index contributed by atoms with van der Waals surface area (Å²) in [5.41, 5.74) is 1.62. The van der Waals surface area contributed by atoms with E-state index in [9.17, 15) is 14.7 Å². The second-order valence-electron chi connectivity index (χ2n) is 5.76. The van der Waals surface area contributed by atoms with Crippen LogP contribution in [0.1, 0.15) is 30.0 Å². The highest BCUT2D eigenvalue weighted by atomic mass is 16.6. The van der Waals surface area contributed by atoms with Gasteiger partial charge in [0.1, 0.15) is 6.61 Å². The van der Waals surface area contributed by atoms with E-state index < -0.39 is 11.6 Å². The number of fused-ring (bicyclic) bond motifs is 4. The minimum atomic E-state index is -1.74. The topological polar surface area (TPSA) is 68.5 Å². The van der Waals surface area contributed by atoms with Gasteiger partial charge >= 0.3 is 5.97 Å². The SMILES string of the molecule is CCC1(O)C(=O)OCc2c1cc1n(c2=O)Cc2ccccc2-1. The molecule has 22 heavy (non-hydrogen) atoms. The van der Waals surface area contributed by atoms with Crippen LogP contribution in [0.5, 0.6) is 0 Å². The molecule has 1 atom stereocenters. The number of carbonyl (C=O) groups is 1. The molecule has 5 heteroatoms. The third-order valence-corrected chi connectivity index (χ3v) is 4.66. The van der Waals surface area contributed by atoms with Crippen molar-refractivity contribution in [2.24, 2.45) is 0 Å². The second kappa shape index (κ2) is 4.30. The molecule has 0 aliphatic carbocycles. The first-order valence-electron chi connectivity index (χ1n) is 7.31. The van der Waals surface area contributed by atoms with Crippen molar-refractivity contribution in [3.05, 3.63) is 57.4 Å². The average molecular weight is 297 g/mol. The van der Waals surface area contributed by atoms with Crippen molar-refractivity contribution in [2.45, 2.75) is 32.1 Å². The van der Waals surface area contributed by atoms with Crippen LogP contribution in [-0.4, -0.2) is 15.6 Å². The quantitative estimate of drug-likeness (QED) is 0.692. The van der Waals surface area contributed by atoms with Gasteiger partial charge in [-0.3, -0.25) is 4.79 Å². The molecular formula is C17H15NO4. The fourth-order valence-electron chi connectivity index (χ4n) is 3.36. The molecule has 0 radical (unpaired) electrons. The second-order valence-corrected chi connectivity index (χ2v) is 5.76. The van der Waals surface area contributed by atoms with Crippen LogP contribution < -0.4 is 5.56 Å². The van der Waals surface area contributed by atoms with Crippen molar-refractivity contribution < 1.29 is 14.6 Å². The number of rotatable bonds is 1. The van der Waals surface area contributed by atoms with E-state index in [4.69, 9.17) is 4.74 Å². The van der Waals surface area contributed by atoms with Crippen molar-refractivity contribution in [3.8, 4) is 11.3 Å². The van der Waals surface area contributed by atoms with Gasteiger partial charge in [0.15, 0.2) is 5.60 Å². The first-order valence-corrected chi connectivity index (χ1v) is 7.31. The lowest BCUT2D eigenvalue weighted by Gasteiger charge is -2.31. The molecule has 0 spiro atoms. The molecular weight excluding hydrogens is 282 g/mol. The van der Waals surface area contributed by atoms with Crippen LogP contribution in [0.3, 0.4) is 0 Å². The lowest BCUT2D eigenvalue weighted by molar-refractivity contribution is -0.172. The zero-order valence-electron chi connectivity index (χ0n) is 12.1. The van der Waals surface area contributed by atoms with Crippen LogP contribution in [0.15, 0.2) is 35.1 Å². The van der Waals surface area contributed by atoms with E-state index in [0.29, 0.717) is 17.7 Å². The molecule has 0 saturated heterocycles. The van der Waals surface area contributed by atoms with Crippen LogP contribution in [0, 0.1) is 0 Å². The van der Waals surface area contributed by atoms with Crippen molar-refractivity contribution in [2.75, 3.05) is 0 Å². The van der Waals surface area contributed by atoms with Gasteiger partial charge in [-0.2, -0.15) is 0 Å². The first-order chi connectivity index (χ1) is 10.6. The van der Waals surface area contributed by atoms with Gasteiger partial charge in [-0.05, 0) is 18.1 Å². The number of aromatic nitrogens is 1. The smallest absolute Gasteiger partial charge is 0.343 e. The molecule has 2 aromatic rings. The van der Waals surface area contributed by atoms with E-state index in [1.54, 1.807) is 17.6 Å². The molecule has 0 bridgehead atoms. The van der Waals surface area contributed by atoms with Crippen LogP contribution >= 0.6 is 0 Å². The number of ether oxygens (including phenoxy) is 1. The normalized spacial score (nSPS) is 21.8. The minimum Gasteiger partial charge on any atom is -0.458 e. The maximum atomic E-state index is 12.7. The predicted octanol–water partition coefficient (Wildman–Crippen LogP) is 1.53. The summed E-state index contributed by atoms with van der Waals surface area (Å²) in [6.07, 6.45) is 0.170. The van der Waals surface area contributed by atoms with Crippen molar-refractivity contribution in [1.29, 1.82) is 0 Å². The molecule has 0 saturated carbocycles. The molecule has 112 valence electrons. The van der Waals surface area contributed by atoms with E-state index in [1.807, 2.05) is 24.3 Å². The van der Waals surface area contributed by atoms with Gasteiger partial charge in [0, 0.05) is 11.1 Å². The Bertz CT molecular complexity index is 867. The van der Waals surface area contributed by atoms with Gasteiger partial charge in [-0.15, -0.1) is 0 Å². The molecule has 1 N–H and O–H groups in total. The van der Waals surface area contributed by atoms with E-state index >= 15 is 0 Å². The number of pyridine rings is 1. The number of esters is 1. The largest absolute Gasteiger partial charge is 0.458 e. The zero-order valence-corrected chi connectivity index (χ0v) is 12.1. The molecule has 1 aromatic heterocycles. The Hall–Kier alpha value is -2.40. The Labute approximate surface area is 126 Å². The number of hydrogen-bond donors (Lipinski definition) is 1. The van der Waals surface area contributed by atoms with E-state index in [0.717, 1.165) is 16.8 Å². The lowest BCUT2D eigenvalue weighted by atomic mass is 9.86. The van der Waals surface area contributed by atoms with Crippen LogP contribution in [0.25, 0.3) is 11.3 Å². The van der Waals surface area contributed by atoms with Crippen LogP contribution in [0.2, 0.25) is 0 Å². The van der Waals surface area contributed by atoms with Gasteiger partial charge in [0.05, 0.1) is 17.8 Å². The van der Waals surface area contributed by atoms with E-state index in [1.165, 1.54) is 0 Å². The fraction of sp³-hybridized carbons (Fsp3) is 0.294. The third-order valence-electron chi connectivity index (χ3n) is 4.66. The van der Waals surface area contributed by atoms with Gasteiger partial charge < -0.3 is 14.4 Å². The maximum Gasteiger partial charge on any atom is 0.343 e. The number of nitrogens with zero attached hydrogens (tertiary/aromatic N) is 1. The fourth-order valence-corrected chi connectivity index (χ4v) is 3.36. The third kappa shape index (κ3) is 1.51. The van der Waals surface area contributed by atoms with Gasteiger partial charge in [0.25, 0.3) is 5.56 Å². The number of hydrogen-bond acceptors (Lipinski definition) is 4. The van der Waals surface area contributed by atoms with E-state index in [-0.39, 0.29) is 18.6 Å². The first kappa shape index (κ1) is 13.3. The summed E-state index contributed by atoms with van der Waals surface area (Å²) in [5, 5.41) is 10.7. The highest BCUT2D eigenvalue weighted by molar-refractivity contribution is 5.84. The Morgan fingerprint density at radius 2 is 2.09 bits per heavy atom. The van der Waals surface area contributed by atoms with E-state index in [2.05, 4.69) is 0 Å². The van der Waals surface area contributed by atoms with Crippen molar-refractivity contribution in [1.82, 2.24) is 4.57 Å². The molecule has 1 aromatic carbocycles. The molecule has 4 rings (SSSR count). The maximum absolute atomic E-state index is 12.7. The van der Waals surface area contributed by atoms with Crippen molar-refractivity contribution in [3.63, 3.8) is 0 Å². The van der Waals surface area contributed by atoms with Gasteiger partial charge in [0.2, 0.25) is 0 Å². The van der Waals surface area contributed by atoms with Crippen molar-refractivity contribution >= 4 is 5.97 Å². The summed E-state index contributed by atoms with van der Waals surface area (Å²) in [6.45, 7) is 2.14. The zero-order chi connectivity index (χ0) is 15.5. The molecule has 2 aliphatic rings. The number of carbonyl (C=O) groups excluding carboxylic acids is 1. The lowest BCUT2D eigenvalue weighted by Crippen LogP contribution is -2.44. The Kier molecular flexibility index (Phi) is 2.60. The summed E-state index contributed by atoms with van der Waals surface area (Å²) in [5.74, 6) is -0.682. The molecule has 2 aliphatic heterocycles. The highest BCUT2D eigenvalue weighted by Gasteiger charge is 2.45. The highest BCUT2D eigenvalue weighted by Crippen LogP contribution is 2.38. The molecule has 0 fully saturated rings. The summed E-state index contributed by atoms with van der Waals surface area (Å²) >= 11 is 0. The summed E-state index contributed by atoms with van der Waals surface area (Å²) in [6, 6.07) is 9.55. The summed E-state index contributed by atoms with van der Waals surface area (Å²) < 4.78 is 6.71. The summed E-state index contributed by atoms with van der Waals surface area (Å²) in [7, 11) is 0. The number of benzene rings is 1. The van der Waals surface area contributed by atoms with Gasteiger partial charge in [-0.25, -0.2) is 4.79 Å². The van der Waals surface area contributed by atoms with Crippen LogP contribution in [0.4, 0.5) is 0 Å². The minimum absolute atomic E-state index is 0.0774.